The highest BCUT2D eigenvalue weighted by atomic mass is 19.1. The molecule has 2 aromatic rings. The number of rotatable bonds is 5. The highest BCUT2D eigenvalue weighted by molar-refractivity contribution is 5.92. The maximum atomic E-state index is 13.3. The Labute approximate surface area is 144 Å². The summed E-state index contributed by atoms with van der Waals surface area (Å²) in [5.41, 5.74) is 5.42. The third kappa shape index (κ3) is 3.69. The number of nitrogens with one attached hydrogen (secondary N) is 1. The monoisotopic (exact) mass is 346 g/mol. The second-order valence-corrected chi connectivity index (χ2v) is 6.07. The van der Waals surface area contributed by atoms with Gasteiger partial charge in [0.2, 0.25) is 5.91 Å². The number of hydrogen-bond donors (Lipinski definition) is 2. The number of carbonyl (C=O) groups excluding carboxylic acids is 2. The number of nitrogens with zero attached hydrogens (tertiary/aromatic N) is 2. The molecular formula is C17H19FN4O3. The molecule has 1 aromatic heterocycles. The largest absolute Gasteiger partial charge is 0.381 e. The van der Waals surface area contributed by atoms with Crippen LogP contribution in [-0.2, 0) is 9.53 Å². The molecule has 1 aliphatic heterocycles. The van der Waals surface area contributed by atoms with E-state index in [1.807, 2.05) is 0 Å². The average Bonchev–Trinajstić information content (AvgIpc) is 3.10. The van der Waals surface area contributed by atoms with E-state index in [2.05, 4.69) is 10.4 Å². The van der Waals surface area contributed by atoms with Gasteiger partial charge in [0.05, 0.1) is 11.1 Å². The van der Waals surface area contributed by atoms with Crippen molar-refractivity contribution in [3.63, 3.8) is 0 Å². The highest BCUT2D eigenvalue weighted by Crippen LogP contribution is 2.29. The minimum Gasteiger partial charge on any atom is -0.381 e. The van der Waals surface area contributed by atoms with Crippen molar-refractivity contribution < 1.29 is 18.7 Å². The second-order valence-electron chi connectivity index (χ2n) is 6.07. The molecule has 8 heteroatoms. The van der Waals surface area contributed by atoms with Crippen LogP contribution < -0.4 is 11.1 Å². The van der Waals surface area contributed by atoms with Gasteiger partial charge in [-0.15, -0.1) is 0 Å². The molecule has 1 fully saturated rings. The third-order valence-corrected chi connectivity index (χ3v) is 4.45. The Morgan fingerprint density at radius 3 is 2.76 bits per heavy atom. The summed E-state index contributed by atoms with van der Waals surface area (Å²) in [6.07, 6.45) is 2.52. The lowest BCUT2D eigenvalue weighted by Crippen LogP contribution is -2.49. The molecule has 2 heterocycles. The van der Waals surface area contributed by atoms with Crippen LogP contribution in [0.3, 0.4) is 0 Å². The van der Waals surface area contributed by atoms with Crippen molar-refractivity contribution in [2.75, 3.05) is 19.8 Å². The summed E-state index contributed by atoms with van der Waals surface area (Å²) in [6.45, 7) is 1.01. The van der Waals surface area contributed by atoms with Gasteiger partial charge in [-0.2, -0.15) is 5.10 Å². The molecule has 1 aliphatic rings. The zero-order valence-corrected chi connectivity index (χ0v) is 13.6. The Bertz CT molecular complexity index is 784. The number of benzene rings is 1. The second kappa shape index (κ2) is 7.02. The first-order chi connectivity index (χ1) is 12.0. The summed E-state index contributed by atoms with van der Waals surface area (Å²) >= 11 is 0. The fraction of sp³-hybridized carbons (Fsp3) is 0.353. The molecule has 25 heavy (non-hydrogen) atoms. The standard InChI is InChI=1S/C17H19FN4O3/c18-12-2-1-3-13(10-12)22-7-4-14(21-22)15(23)20-11-17(16(19)24)5-8-25-9-6-17/h1-4,7,10H,5-6,8-9,11H2,(H2,19,24)(H,20,23). The predicted octanol–water partition coefficient (Wildman–Crippen LogP) is 1.02. The lowest BCUT2D eigenvalue weighted by atomic mass is 9.79. The van der Waals surface area contributed by atoms with E-state index in [4.69, 9.17) is 10.5 Å². The van der Waals surface area contributed by atoms with Crippen LogP contribution >= 0.6 is 0 Å². The first-order valence-corrected chi connectivity index (χ1v) is 7.98. The van der Waals surface area contributed by atoms with E-state index in [1.165, 1.54) is 22.9 Å². The molecule has 0 radical (unpaired) electrons. The zero-order valence-electron chi connectivity index (χ0n) is 13.6. The molecule has 2 amide bonds. The van der Waals surface area contributed by atoms with E-state index in [1.54, 1.807) is 18.3 Å². The van der Waals surface area contributed by atoms with Gasteiger partial charge in [-0.3, -0.25) is 9.59 Å². The maximum absolute atomic E-state index is 13.3. The zero-order chi connectivity index (χ0) is 17.9. The van der Waals surface area contributed by atoms with Gasteiger partial charge in [-0.05, 0) is 37.1 Å². The molecule has 3 N–H and O–H groups in total. The molecule has 0 aliphatic carbocycles. The van der Waals surface area contributed by atoms with E-state index in [9.17, 15) is 14.0 Å². The van der Waals surface area contributed by atoms with Gasteiger partial charge in [0.25, 0.3) is 5.91 Å². The quantitative estimate of drug-likeness (QED) is 0.844. The number of primary amides is 1. The first-order valence-electron chi connectivity index (χ1n) is 7.98. The van der Waals surface area contributed by atoms with Crippen LogP contribution in [-0.4, -0.2) is 41.4 Å². The number of amides is 2. The van der Waals surface area contributed by atoms with E-state index >= 15 is 0 Å². The van der Waals surface area contributed by atoms with E-state index in [0.29, 0.717) is 31.7 Å². The van der Waals surface area contributed by atoms with Crippen LogP contribution in [0.5, 0.6) is 0 Å². The normalized spacial score (nSPS) is 16.4. The fourth-order valence-corrected chi connectivity index (χ4v) is 2.82. The van der Waals surface area contributed by atoms with Crippen molar-refractivity contribution in [3.05, 3.63) is 48.0 Å². The van der Waals surface area contributed by atoms with Crippen molar-refractivity contribution in [1.82, 2.24) is 15.1 Å². The molecule has 0 unspecified atom stereocenters. The average molecular weight is 346 g/mol. The number of aromatic nitrogens is 2. The Balaban J connectivity index is 1.68. The third-order valence-electron chi connectivity index (χ3n) is 4.45. The van der Waals surface area contributed by atoms with Gasteiger partial charge in [0, 0.05) is 26.0 Å². The van der Waals surface area contributed by atoms with Gasteiger partial charge in [0.1, 0.15) is 5.82 Å². The minimum atomic E-state index is -0.793. The first kappa shape index (κ1) is 17.1. The van der Waals surface area contributed by atoms with Crippen LogP contribution in [0.15, 0.2) is 36.5 Å². The minimum absolute atomic E-state index is 0.136. The molecule has 1 aromatic carbocycles. The molecular weight excluding hydrogens is 327 g/mol. The summed E-state index contributed by atoms with van der Waals surface area (Å²) < 4.78 is 20.0. The van der Waals surface area contributed by atoms with Crippen molar-refractivity contribution in [2.45, 2.75) is 12.8 Å². The molecule has 1 saturated heterocycles. The molecule has 3 rings (SSSR count). The number of hydrogen-bond acceptors (Lipinski definition) is 4. The topological polar surface area (TPSA) is 99.2 Å². The number of nitrogens with two attached hydrogens (primary N) is 1. The SMILES string of the molecule is NC(=O)C1(CNC(=O)c2ccn(-c3cccc(F)c3)n2)CCOCC1. The van der Waals surface area contributed by atoms with Crippen molar-refractivity contribution in [3.8, 4) is 5.69 Å². The summed E-state index contributed by atoms with van der Waals surface area (Å²) in [5, 5.41) is 6.87. The summed E-state index contributed by atoms with van der Waals surface area (Å²) in [7, 11) is 0. The van der Waals surface area contributed by atoms with E-state index in [0.717, 1.165) is 0 Å². The summed E-state index contributed by atoms with van der Waals surface area (Å²) in [6, 6.07) is 7.42. The predicted molar refractivity (Wildman–Crippen MR) is 87.5 cm³/mol. The molecule has 0 saturated carbocycles. The molecule has 0 bridgehead atoms. The van der Waals surface area contributed by atoms with Gasteiger partial charge in [-0.1, -0.05) is 6.07 Å². The van der Waals surface area contributed by atoms with Gasteiger partial charge >= 0.3 is 0 Å². The van der Waals surface area contributed by atoms with Crippen molar-refractivity contribution in [2.24, 2.45) is 11.1 Å². The lowest BCUT2D eigenvalue weighted by Gasteiger charge is -2.34. The molecule has 7 nitrogen and oxygen atoms in total. The van der Waals surface area contributed by atoms with Gasteiger partial charge in [-0.25, -0.2) is 9.07 Å². The summed E-state index contributed by atoms with van der Waals surface area (Å²) in [4.78, 5) is 24.1. The van der Waals surface area contributed by atoms with E-state index < -0.39 is 17.2 Å². The Morgan fingerprint density at radius 1 is 1.32 bits per heavy atom. The number of ether oxygens (including phenoxy) is 1. The van der Waals surface area contributed by atoms with E-state index in [-0.39, 0.29) is 18.1 Å². The van der Waals surface area contributed by atoms with Crippen LogP contribution in [0.4, 0.5) is 4.39 Å². The van der Waals surface area contributed by atoms with Crippen molar-refractivity contribution >= 4 is 11.8 Å². The number of halogens is 1. The van der Waals surface area contributed by atoms with Gasteiger partial charge < -0.3 is 15.8 Å². The van der Waals surface area contributed by atoms with Gasteiger partial charge in [0.15, 0.2) is 5.69 Å². The maximum Gasteiger partial charge on any atom is 0.271 e. The Hall–Kier alpha value is -2.74. The molecule has 132 valence electrons. The Kier molecular flexibility index (Phi) is 4.80. The van der Waals surface area contributed by atoms with Crippen LogP contribution in [0.25, 0.3) is 5.69 Å². The number of carbonyl (C=O) groups is 2. The fourth-order valence-electron chi connectivity index (χ4n) is 2.82. The summed E-state index contributed by atoms with van der Waals surface area (Å²) in [5.74, 6) is -1.24. The molecule has 0 atom stereocenters. The molecule has 0 spiro atoms. The van der Waals surface area contributed by atoms with Crippen molar-refractivity contribution in [1.29, 1.82) is 0 Å². The van der Waals surface area contributed by atoms with Crippen LogP contribution in [0.2, 0.25) is 0 Å². The Morgan fingerprint density at radius 2 is 2.08 bits per heavy atom. The van der Waals surface area contributed by atoms with Crippen LogP contribution in [0, 0.1) is 11.2 Å². The highest BCUT2D eigenvalue weighted by Gasteiger charge is 2.38. The smallest absolute Gasteiger partial charge is 0.271 e. The van der Waals surface area contributed by atoms with Crippen LogP contribution in [0.1, 0.15) is 23.3 Å². The lowest BCUT2D eigenvalue weighted by molar-refractivity contribution is -0.132.